The summed E-state index contributed by atoms with van der Waals surface area (Å²) < 4.78 is 37.6. The fraction of sp³-hybridized carbons (Fsp3) is 0.200. The van der Waals surface area contributed by atoms with Crippen molar-refractivity contribution in [2.75, 3.05) is 6.54 Å². The van der Waals surface area contributed by atoms with Crippen molar-refractivity contribution < 1.29 is 18.0 Å². The number of carbonyl (C=O) groups is 1. The highest BCUT2D eigenvalue weighted by atomic mass is 19.4. The fourth-order valence-corrected chi connectivity index (χ4v) is 2.32. The highest BCUT2D eigenvalue weighted by Gasteiger charge is 2.29. The Bertz CT molecular complexity index is 804. The van der Waals surface area contributed by atoms with Crippen LogP contribution in [0.4, 0.5) is 13.2 Å². The summed E-state index contributed by atoms with van der Waals surface area (Å²) in [5.41, 5.74) is 0.583. The smallest absolute Gasteiger partial charge is 0.351 e. The number of carbonyl (C=O) groups excluding carboxylic acids is 1. The Balaban J connectivity index is 1.91. The molecule has 0 aliphatic heterocycles. The van der Waals surface area contributed by atoms with Gasteiger partial charge in [0.1, 0.15) is 11.6 Å². The first-order valence-corrected chi connectivity index (χ1v) is 8.01. The van der Waals surface area contributed by atoms with Crippen molar-refractivity contribution in [3.05, 3.63) is 76.9 Å². The van der Waals surface area contributed by atoms with E-state index < -0.39 is 17.6 Å². The third-order valence-electron chi connectivity index (χ3n) is 3.68. The Kier molecular flexibility index (Phi) is 6.56. The number of aryl methyl sites for hydroxylation is 1. The summed E-state index contributed by atoms with van der Waals surface area (Å²) in [5.74, 6) is -0.541. The van der Waals surface area contributed by atoms with E-state index in [0.29, 0.717) is 12.1 Å². The molecule has 134 valence electrons. The summed E-state index contributed by atoms with van der Waals surface area (Å²) in [5, 5.41) is 11.8. The van der Waals surface area contributed by atoms with Crippen molar-refractivity contribution in [1.82, 2.24) is 5.32 Å². The van der Waals surface area contributed by atoms with E-state index in [1.807, 2.05) is 30.3 Å². The second-order valence-corrected chi connectivity index (χ2v) is 5.63. The molecule has 0 heterocycles. The highest BCUT2D eigenvalue weighted by Crippen LogP contribution is 2.29. The number of halogens is 3. The maximum Gasteiger partial charge on any atom is 0.416 e. The van der Waals surface area contributed by atoms with Crippen LogP contribution in [0, 0.1) is 11.3 Å². The minimum Gasteiger partial charge on any atom is -0.351 e. The second-order valence-electron chi connectivity index (χ2n) is 5.63. The number of hydrogen-bond acceptors (Lipinski definition) is 2. The van der Waals surface area contributed by atoms with Crippen LogP contribution < -0.4 is 5.32 Å². The van der Waals surface area contributed by atoms with Gasteiger partial charge in [-0.1, -0.05) is 42.5 Å². The van der Waals surface area contributed by atoms with Crippen LogP contribution in [0.15, 0.2) is 60.2 Å². The Labute approximate surface area is 149 Å². The Morgan fingerprint density at radius 2 is 1.73 bits per heavy atom. The molecule has 0 aromatic heterocycles. The summed E-state index contributed by atoms with van der Waals surface area (Å²) in [6, 6.07) is 15.9. The lowest BCUT2D eigenvalue weighted by Gasteiger charge is -2.07. The Morgan fingerprint density at radius 3 is 2.31 bits per heavy atom. The molecule has 0 saturated carbocycles. The standard InChI is InChI=1S/C20H17F3N2O/c21-20(22,23)18-10-8-16(9-11-18)13-17(14-24)19(26)25-12-4-7-15-5-2-1-3-6-15/h1-3,5-6,8-11,13H,4,7,12H2,(H,25,26)/b17-13-. The fourth-order valence-electron chi connectivity index (χ4n) is 2.32. The Hall–Kier alpha value is -3.07. The minimum absolute atomic E-state index is 0.149. The van der Waals surface area contributed by atoms with Crippen molar-refractivity contribution in [2.24, 2.45) is 0 Å². The molecule has 0 radical (unpaired) electrons. The minimum atomic E-state index is -4.42. The predicted molar refractivity (Wildman–Crippen MR) is 92.8 cm³/mol. The molecular formula is C20H17F3N2O. The maximum atomic E-state index is 12.5. The molecule has 0 unspecified atom stereocenters. The first-order chi connectivity index (χ1) is 12.4. The molecule has 0 saturated heterocycles. The first kappa shape index (κ1) is 19.3. The van der Waals surface area contributed by atoms with Gasteiger partial charge in [0.05, 0.1) is 5.56 Å². The number of nitrogens with zero attached hydrogens (tertiary/aromatic N) is 1. The lowest BCUT2D eigenvalue weighted by molar-refractivity contribution is -0.137. The van der Waals surface area contributed by atoms with Crippen LogP contribution in [0.5, 0.6) is 0 Å². The predicted octanol–water partition coefficient (Wildman–Crippen LogP) is 4.36. The van der Waals surface area contributed by atoms with Gasteiger partial charge >= 0.3 is 6.18 Å². The number of alkyl halides is 3. The van der Waals surface area contributed by atoms with Gasteiger partial charge in [-0.15, -0.1) is 0 Å². The van der Waals surface area contributed by atoms with Crippen LogP contribution in [0.2, 0.25) is 0 Å². The molecule has 1 N–H and O–H groups in total. The van der Waals surface area contributed by atoms with Crippen LogP contribution in [-0.4, -0.2) is 12.5 Å². The van der Waals surface area contributed by atoms with Gasteiger partial charge in [0.25, 0.3) is 5.91 Å². The summed E-state index contributed by atoms with van der Waals surface area (Å²) in [7, 11) is 0. The third kappa shape index (κ3) is 5.78. The van der Waals surface area contributed by atoms with Gasteiger partial charge < -0.3 is 5.32 Å². The van der Waals surface area contributed by atoms with Crippen molar-refractivity contribution in [1.29, 1.82) is 5.26 Å². The summed E-state index contributed by atoms with van der Waals surface area (Å²) >= 11 is 0. The average Bonchev–Trinajstić information content (AvgIpc) is 2.63. The normalized spacial score (nSPS) is 11.7. The van der Waals surface area contributed by atoms with E-state index in [1.54, 1.807) is 6.07 Å². The zero-order chi connectivity index (χ0) is 19.0. The van der Waals surface area contributed by atoms with Gasteiger partial charge in [0.15, 0.2) is 0 Å². The van der Waals surface area contributed by atoms with E-state index in [2.05, 4.69) is 5.32 Å². The van der Waals surface area contributed by atoms with Crippen molar-refractivity contribution in [3.63, 3.8) is 0 Å². The number of rotatable bonds is 6. The first-order valence-electron chi connectivity index (χ1n) is 8.01. The number of hydrogen-bond donors (Lipinski definition) is 1. The summed E-state index contributed by atoms with van der Waals surface area (Å²) in [4.78, 5) is 12.0. The lowest BCUT2D eigenvalue weighted by atomic mass is 10.1. The number of nitrogens with one attached hydrogen (secondary N) is 1. The molecule has 0 spiro atoms. The zero-order valence-corrected chi connectivity index (χ0v) is 13.9. The molecule has 0 fully saturated rings. The number of amides is 1. The van der Waals surface area contributed by atoms with Crippen LogP contribution in [0.3, 0.4) is 0 Å². The highest BCUT2D eigenvalue weighted by molar-refractivity contribution is 6.01. The van der Waals surface area contributed by atoms with E-state index in [1.165, 1.54) is 18.2 Å². The Morgan fingerprint density at radius 1 is 1.08 bits per heavy atom. The lowest BCUT2D eigenvalue weighted by Crippen LogP contribution is -2.25. The van der Waals surface area contributed by atoms with Crippen LogP contribution >= 0.6 is 0 Å². The van der Waals surface area contributed by atoms with Gasteiger partial charge in [-0.2, -0.15) is 18.4 Å². The topological polar surface area (TPSA) is 52.9 Å². The third-order valence-corrected chi connectivity index (χ3v) is 3.68. The SMILES string of the molecule is N#C/C(=C/c1ccc(C(F)(F)F)cc1)C(=O)NCCCc1ccccc1. The van der Waals surface area contributed by atoms with Crippen LogP contribution in [0.1, 0.15) is 23.1 Å². The van der Waals surface area contributed by atoms with Crippen molar-refractivity contribution in [2.45, 2.75) is 19.0 Å². The summed E-state index contributed by atoms with van der Waals surface area (Å²) in [6.45, 7) is 0.403. The molecule has 3 nitrogen and oxygen atoms in total. The van der Waals surface area contributed by atoms with E-state index >= 15 is 0 Å². The molecule has 2 rings (SSSR count). The van der Waals surface area contributed by atoms with E-state index in [4.69, 9.17) is 5.26 Å². The number of benzene rings is 2. The molecule has 1 amide bonds. The van der Waals surface area contributed by atoms with Gasteiger partial charge in [-0.25, -0.2) is 0 Å². The average molecular weight is 358 g/mol. The quantitative estimate of drug-likeness (QED) is 0.474. The van der Waals surface area contributed by atoms with Gasteiger partial charge in [0.2, 0.25) is 0 Å². The molecular weight excluding hydrogens is 341 g/mol. The molecule has 26 heavy (non-hydrogen) atoms. The summed E-state index contributed by atoms with van der Waals surface area (Å²) in [6.07, 6.45) is -1.64. The largest absolute Gasteiger partial charge is 0.416 e. The van der Waals surface area contributed by atoms with Crippen molar-refractivity contribution in [3.8, 4) is 6.07 Å². The van der Waals surface area contributed by atoms with Crippen molar-refractivity contribution >= 4 is 12.0 Å². The number of nitriles is 1. The molecule has 2 aromatic rings. The molecule has 0 bridgehead atoms. The van der Waals surface area contributed by atoms with Gasteiger partial charge in [0, 0.05) is 6.54 Å². The molecule has 0 aliphatic rings. The maximum absolute atomic E-state index is 12.5. The van der Waals surface area contributed by atoms with E-state index in [9.17, 15) is 18.0 Å². The van der Waals surface area contributed by atoms with E-state index in [-0.39, 0.29) is 5.57 Å². The molecule has 0 aliphatic carbocycles. The monoisotopic (exact) mass is 358 g/mol. The van der Waals surface area contributed by atoms with Gasteiger partial charge in [-0.05, 0) is 42.2 Å². The molecule has 2 aromatic carbocycles. The second kappa shape index (κ2) is 8.86. The van der Waals surface area contributed by atoms with E-state index in [0.717, 1.165) is 30.5 Å². The van der Waals surface area contributed by atoms with Crippen LogP contribution in [-0.2, 0) is 17.4 Å². The molecule has 0 atom stereocenters. The zero-order valence-electron chi connectivity index (χ0n) is 13.9. The molecule has 6 heteroatoms. The van der Waals surface area contributed by atoms with Gasteiger partial charge in [-0.3, -0.25) is 4.79 Å². The van der Waals surface area contributed by atoms with Crippen LogP contribution in [0.25, 0.3) is 6.08 Å².